The summed E-state index contributed by atoms with van der Waals surface area (Å²) in [6.07, 6.45) is 2.56. The van der Waals surface area contributed by atoms with Crippen LogP contribution in [-0.2, 0) is 0 Å². The summed E-state index contributed by atoms with van der Waals surface area (Å²) in [5.74, 6) is -0.177. The molecule has 2 aliphatic heterocycles. The third kappa shape index (κ3) is 3.86. The van der Waals surface area contributed by atoms with Crippen molar-refractivity contribution in [1.29, 1.82) is 0 Å². The maximum atomic E-state index is 15.7. The zero-order valence-electron chi connectivity index (χ0n) is 17.3. The molecule has 0 unspecified atom stereocenters. The Bertz CT molecular complexity index is 1350. The van der Waals surface area contributed by atoms with Crippen LogP contribution in [0.25, 0.3) is 10.4 Å². The Morgan fingerprint density at radius 1 is 1.32 bits per heavy atom. The van der Waals surface area contributed by atoms with Crippen molar-refractivity contribution in [3.8, 4) is 0 Å². The highest BCUT2D eigenvalue weighted by atomic mass is 35.5. The van der Waals surface area contributed by atoms with Crippen LogP contribution in [-0.4, -0.2) is 44.3 Å². The first-order chi connectivity index (χ1) is 16.3. The van der Waals surface area contributed by atoms with E-state index in [1.54, 1.807) is 16.5 Å². The summed E-state index contributed by atoms with van der Waals surface area (Å²) in [4.78, 5) is 14.0. The van der Waals surface area contributed by atoms with Crippen LogP contribution in [0.2, 0.25) is 5.02 Å². The molecule has 0 amide bonds. The number of alkyl halides is 3. The highest BCUT2D eigenvalue weighted by Gasteiger charge is 2.50. The van der Waals surface area contributed by atoms with Gasteiger partial charge in [0.25, 0.3) is 0 Å². The molecular weight excluding hydrogens is 492 g/mol. The van der Waals surface area contributed by atoms with Gasteiger partial charge in [-0.15, -0.1) is 11.3 Å². The Morgan fingerprint density at radius 2 is 2.15 bits per heavy atom. The molecule has 0 bridgehead atoms. The van der Waals surface area contributed by atoms with Crippen molar-refractivity contribution in [2.45, 2.75) is 24.7 Å². The van der Waals surface area contributed by atoms with E-state index in [1.807, 2.05) is 0 Å². The number of thiazole rings is 1. The zero-order chi connectivity index (χ0) is 24.0. The fourth-order valence-corrected chi connectivity index (χ4v) is 5.18. The number of fused-ring (bicyclic) bond motifs is 1. The number of allylic oxidation sites excluding steroid dienone is 1. The summed E-state index contributed by atoms with van der Waals surface area (Å²) in [6.45, 7) is 3.80. The number of hydrogen-bond donors (Lipinski definition) is 0. The number of halogens is 5. The van der Waals surface area contributed by atoms with E-state index in [2.05, 4.69) is 14.9 Å². The molecule has 174 valence electrons. The van der Waals surface area contributed by atoms with E-state index in [4.69, 9.17) is 23.2 Å². The fraction of sp³-hybridized carbons (Fsp3) is 0.273. The molecule has 2 aliphatic rings. The summed E-state index contributed by atoms with van der Waals surface area (Å²) in [5, 5.41) is 6.35. The van der Waals surface area contributed by atoms with Gasteiger partial charge in [-0.2, -0.15) is 13.9 Å². The molecule has 12 heteroatoms. The minimum Gasteiger partial charge on any atom is -0.324 e. The average Bonchev–Trinajstić information content (AvgIpc) is 3.53. The van der Waals surface area contributed by atoms with Crippen molar-refractivity contribution in [1.82, 2.24) is 19.7 Å². The van der Waals surface area contributed by atoms with Gasteiger partial charge in [-0.25, -0.2) is 25.0 Å². The summed E-state index contributed by atoms with van der Waals surface area (Å²) >= 11 is 7.67. The third-order valence-electron chi connectivity index (χ3n) is 5.67. The van der Waals surface area contributed by atoms with Gasteiger partial charge >= 0.3 is 6.55 Å². The summed E-state index contributed by atoms with van der Waals surface area (Å²) in [6, 6.07) is 4.33. The molecule has 3 aromatic rings. The van der Waals surface area contributed by atoms with Gasteiger partial charge in [-0.1, -0.05) is 17.7 Å². The fourth-order valence-electron chi connectivity index (χ4n) is 4.27. The maximum Gasteiger partial charge on any atom is 0.333 e. The van der Waals surface area contributed by atoms with Crippen molar-refractivity contribution >= 4 is 34.3 Å². The number of aromatic nitrogens is 3. The lowest BCUT2D eigenvalue weighted by atomic mass is 9.91. The first-order valence-electron chi connectivity index (χ1n) is 10.1. The summed E-state index contributed by atoms with van der Waals surface area (Å²) < 4.78 is 56.6. The molecule has 1 aromatic carbocycles. The van der Waals surface area contributed by atoms with Crippen LogP contribution in [0.1, 0.15) is 35.3 Å². The number of benzene rings is 1. The predicted octanol–water partition coefficient (Wildman–Crippen LogP) is 5.77. The maximum absolute atomic E-state index is 15.7. The molecule has 0 aliphatic carbocycles. The van der Waals surface area contributed by atoms with Gasteiger partial charge in [0.1, 0.15) is 11.9 Å². The molecule has 4 heterocycles. The molecule has 0 saturated carbocycles. The Morgan fingerprint density at radius 3 is 2.79 bits per heavy atom. The highest BCUT2D eigenvalue weighted by molar-refractivity contribution is 7.11. The molecule has 2 atom stereocenters. The minimum absolute atomic E-state index is 0.0812. The first-order valence-corrected chi connectivity index (χ1v) is 11.3. The lowest BCUT2D eigenvalue weighted by molar-refractivity contribution is 0.0564. The van der Waals surface area contributed by atoms with Crippen LogP contribution in [0.4, 0.5) is 17.6 Å². The van der Waals surface area contributed by atoms with Crippen LogP contribution < -0.4 is 0 Å². The van der Waals surface area contributed by atoms with Gasteiger partial charge in [0.05, 0.1) is 12.2 Å². The number of hydrogen-bond acceptors (Lipinski definition) is 5. The Kier molecular flexibility index (Phi) is 5.65. The van der Waals surface area contributed by atoms with E-state index in [1.165, 1.54) is 29.5 Å². The van der Waals surface area contributed by atoms with Crippen LogP contribution in [0.15, 0.2) is 52.7 Å². The van der Waals surface area contributed by atoms with Crippen molar-refractivity contribution in [2.24, 2.45) is 4.99 Å². The number of amidine groups is 1. The SMILES string of the molecule is [C-]#[N+]C[C@@]1(F)CC2=C(c3ccn(C(F)F)n3)[C@H](c3ccc(F)cc3Cl)N=C(c3nccs3)N2C1. The topological polar surface area (TPSA) is 50.7 Å². The second-order valence-electron chi connectivity index (χ2n) is 7.91. The number of rotatable bonds is 5. The number of nitrogens with zero attached hydrogens (tertiary/aromatic N) is 6. The van der Waals surface area contributed by atoms with E-state index >= 15 is 4.39 Å². The standard InChI is InChI=1S/C22H15ClF4N6S/c1-28-10-22(27)9-16-17(15-4-6-33(31-15)21(25)26)18(13-3-2-12(24)8-14(13)23)30-19(32(16)11-22)20-29-5-7-34-20/h2-8,18,21H,9-11H2/t18-,22-/m0/s1. The Labute approximate surface area is 200 Å². The second-order valence-corrected chi connectivity index (χ2v) is 9.21. The van der Waals surface area contributed by atoms with E-state index < -0.39 is 24.1 Å². The second kappa shape index (κ2) is 8.52. The third-order valence-corrected chi connectivity index (χ3v) is 6.77. The molecule has 5 rings (SSSR count). The van der Waals surface area contributed by atoms with Gasteiger partial charge in [0, 0.05) is 46.1 Å². The van der Waals surface area contributed by atoms with Crippen molar-refractivity contribution in [3.63, 3.8) is 0 Å². The predicted molar refractivity (Wildman–Crippen MR) is 120 cm³/mol. The van der Waals surface area contributed by atoms with Crippen LogP contribution in [0.5, 0.6) is 0 Å². The Hall–Kier alpha value is -3.23. The average molecular weight is 507 g/mol. The van der Waals surface area contributed by atoms with E-state index in [-0.39, 0.29) is 30.2 Å². The van der Waals surface area contributed by atoms with Gasteiger partial charge in [0.15, 0.2) is 10.8 Å². The molecular formula is C22H15ClF4N6S. The molecule has 34 heavy (non-hydrogen) atoms. The summed E-state index contributed by atoms with van der Waals surface area (Å²) in [5.41, 5.74) is -0.478. The monoisotopic (exact) mass is 506 g/mol. The van der Waals surface area contributed by atoms with Crippen LogP contribution in [0.3, 0.4) is 0 Å². The van der Waals surface area contributed by atoms with Gasteiger partial charge in [-0.3, -0.25) is 4.99 Å². The lowest BCUT2D eigenvalue weighted by Gasteiger charge is -2.32. The molecule has 0 spiro atoms. The quantitative estimate of drug-likeness (QED) is 0.326. The van der Waals surface area contributed by atoms with Crippen molar-refractivity contribution in [2.75, 3.05) is 13.1 Å². The first kappa shape index (κ1) is 22.6. The Balaban J connectivity index is 1.76. The molecule has 6 nitrogen and oxygen atoms in total. The van der Waals surface area contributed by atoms with E-state index in [9.17, 15) is 13.2 Å². The van der Waals surface area contributed by atoms with Gasteiger partial charge < -0.3 is 9.74 Å². The van der Waals surface area contributed by atoms with Crippen LogP contribution in [0, 0.1) is 12.4 Å². The molecule has 1 fully saturated rings. The van der Waals surface area contributed by atoms with Gasteiger partial charge in [0.2, 0.25) is 12.2 Å². The van der Waals surface area contributed by atoms with Crippen molar-refractivity contribution in [3.05, 3.63) is 86.3 Å². The minimum atomic E-state index is -2.87. The largest absolute Gasteiger partial charge is 0.333 e. The molecule has 0 N–H and O–H groups in total. The highest BCUT2D eigenvalue weighted by Crippen LogP contribution is 2.48. The van der Waals surface area contributed by atoms with E-state index in [0.717, 1.165) is 12.3 Å². The normalized spacial score (nSPS) is 22.2. The number of aliphatic imine (C=N–C) groups is 1. The molecule has 0 radical (unpaired) electrons. The van der Waals surface area contributed by atoms with Gasteiger partial charge in [-0.05, 0) is 18.2 Å². The molecule has 2 aromatic heterocycles. The zero-order valence-corrected chi connectivity index (χ0v) is 18.9. The molecule has 1 saturated heterocycles. The summed E-state index contributed by atoms with van der Waals surface area (Å²) in [7, 11) is 0. The van der Waals surface area contributed by atoms with Crippen LogP contribution >= 0.6 is 22.9 Å². The smallest absolute Gasteiger partial charge is 0.324 e. The lowest BCUT2D eigenvalue weighted by Crippen LogP contribution is -2.37. The van der Waals surface area contributed by atoms with Crippen molar-refractivity contribution < 1.29 is 17.6 Å². The van der Waals surface area contributed by atoms with E-state index in [0.29, 0.717) is 32.4 Å².